The fourth-order valence-corrected chi connectivity index (χ4v) is 2.05. The van der Waals surface area contributed by atoms with Crippen molar-refractivity contribution in [3.8, 4) is 0 Å². The fraction of sp³-hybridized carbons (Fsp3) is 0.545. The Balaban J connectivity index is 2.31. The van der Waals surface area contributed by atoms with E-state index in [-0.39, 0.29) is 11.8 Å². The van der Waals surface area contributed by atoms with Gasteiger partial charge in [-0.25, -0.2) is 0 Å². The van der Waals surface area contributed by atoms with Crippen molar-refractivity contribution in [2.24, 2.45) is 11.8 Å². The van der Waals surface area contributed by atoms with Crippen LogP contribution in [-0.4, -0.2) is 17.6 Å². The second kappa shape index (κ2) is 5.88. The molecule has 0 fully saturated rings. The first kappa shape index (κ1) is 12.2. The minimum Gasteiger partial charge on any atom is -0.481 e. The summed E-state index contributed by atoms with van der Waals surface area (Å²) in [5.41, 5.74) is 0. The highest BCUT2D eigenvalue weighted by Gasteiger charge is 2.20. The summed E-state index contributed by atoms with van der Waals surface area (Å²) < 4.78 is 0. The van der Waals surface area contributed by atoms with E-state index in [1.54, 1.807) is 11.3 Å². The van der Waals surface area contributed by atoms with E-state index >= 15 is 0 Å². The Morgan fingerprint density at radius 2 is 2.33 bits per heavy atom. The Kier molecular flexibility index (Phi) is 4.78. The van der Waals surface area contributed by atoms with Crippen LogP contribution < -0.4 is 5.32 Å². The van der Waals surface area contributed by atoms with Gasteiger partial charge in [0.25, 0.3) is 0 Å². The molecule has 3 nitrogen and oxygen atoms in total. The number of rotatable bonds is 6. The molecule has 0 aromatic carbocycles. The molecule has 15 heavy (non-hydrogen) atoms. The van der Waals surface area contributed by atoms with Crippen LogP contribution in [0.15, 0.2) is 17.5 Å². The van der Waals surface area contributed by atoms with Gasteiger partial charge in [0, 0.05) is 18.0 Å². The van der Waals surface area contributed by atoms with E-state index in [4.69, 9.17) is 5.11 Å². The SMILES string of the molecule is CC(C)C(CNCc1cccs1)C(=O)O. The molecule has 1 heterocycles. The van der Waals surface area contributed by atoms with Crippen molar-refractivity contribution in [2.45, 2.75) is 20.4 Å². The Labute approximate surface area is 94.1 Å². The highest BCUT2D eigenvalue weighted by Crippen LogP contribution is 2.11. The summed E-state index contributed by atoms with van der Waals surface area (Å²) in [5, 5.41) is 14.2. The Morgan fingerprint density at radius 1 is 1.60 bits per heavy atom. The lowest BCUT2D eigenvalue weighted by molar-refractivity contribution is -0.143. The molecule has 0 saturated heterocycles. The molecule has 0 aliphatic carbocycles. The predicted octanol–water partition coefficient (Wildman–Crippen LogP) is 2.19. The zero-order valence-electron chi connectivity index (χ0n) is 9.06. The van der Waals surface area contributed by atoms with Gasteiger partial charge in [0.15, 0.2) is 0 Å². The summed E-state index contributed by atoms with van der Waals surface area (Å²) in [6, 6.07) is 4.04. The standard InChI is InChI=1S/C11H17NO2S/c1-8(2)10(11(13)14)7-12-6-9-4-3-5-15-9/h3-5,8,10,12H,6-7H2,1-2H3,(H,13,14). The second-order valence-corrected chi connectivity index (χ2v) is 4.93. The average molecular weight is 227 g/mol. The smallest absolute Gasteiger partial charge is 0.308 e. The van der Waals surface area contributed by atoms with Crippen molar-refractivity contribution >= 4 is 17.3 Å². The van der Waals surface area contributed by atoms with Gasteiger partial charge in [-0.3, -0.25) is 4.79 Å². The molecule has 84 valence electrons. The number of nitrogens with one attached hydrogen (secondary N) is 1. The summed E-state index contributed by atoms with van der Waals surface area (Å²) >= 11 is 1.68. The van der Waals surface area contributed by atoms with Crippen LogP contribution in [0, 0.1) is 11.8 Å². The number of hydrogen-bond acceptors (Lipinski definition) is 3. The van der Waals surface area contributed by atoms with E-state index in [1.165, 1.54) is 4.88 Å². The van der Waals surface area contributed by atoms with Gasteiger partial charge >= 0.3 is 5.97 Å². The molecule has 0 aliphatic heterocycles. The number of carbonyl (C=O) groups is 1. The van der Waals surface area contributed by atoms with Crippen LogP contribution in [-0.2, 0) is 11.3 Å². The third kappa shape index (κ3) is 4.01. The highest BCUT2D eigenvalue weighted by atomic mass is 32.1. The number of aliphatic carboxylic acids is 1. The summed E-state index contributed by atoms with van der Waals surface area (Å²) in [7, 11) is 0. The molecule has 0 aliphatic rings. The van der Waals surface area contributed by atoms with Crippen molar-refractivity contribution in [3.63, 3.8) is 0 Å². The minimum absolute atomic E-state index is 0.165. The first-order valence-corrected chi connectivity index (χ1v) is 5.95. The molecular formula is C11H17NO2S. The average Bonchev–Trinajstić information content (AvgIpc) is 2.63. The molecule has 4 heteroatoms. The number of hydrogen-bond donors (Lipinski definition) is 2. The largest absolute Gasteiger partial charge is 0.481 e. The summed E-state index contributed by atoms with van der Waals surface area (Å²) in [5.74, 6) is -0.855. The van der Waals surface area contributed by atoms with E-state index in [9.17, 15) is 4.79 Å². The molecule has 2 N–H and O–H groups in total. The predicted molar refractivity (Wildman–Crippen MR) is 62.0 cm³/mol. The fourth-order valence-electron chi connectivity index (χ4n) is 1.37. The first-order chi connectivity index (χ1) is 7.11. The molecular weight excluding hydrogens is 210 g/mol. The van der Waals surface area contributed by atoms with Gasteiger partial charge in [-0.1, -0.05) is 19.9 Å². The van der Waals surface area contributed by atoms with Crippen molar-refractivity contribution in [3.05, 3.63) is 22.4 Å². The summed E-state index contributed by atoms with van der Waals surface area (Å²) in [4.78, 5) is 12.1. The van der Waals surface area contributed by atoms with Crippen LogP contribution in [0.1, 0.15) is 18.7 Å². The van der Waals surface area contributed by atoms with Gasteiger partial charge in [-0.2, -0.15) is 0 Å². The van der Waals surface area contributed by atoms with E-state index in [0.29, 0.717) is 6.54 Å². The van der Waals surface area contributed by atoms with Crippen LogP contribution >= 0.6 is 11.3 Å². The van der Waals surface area contributed by atoms with Gasteiger partial charge in [0.2, 0.25) is 0 Å². The zero-order chi connectivity index (χ0) is 11.3. The molecule has 1 aromatic rings. The van der Waals surface area contributed by atoms with Crippen molar-refractivity contribution in [2.75, 3.05) is 6.54 Å². The highest BCUT2D eigenvalue weighted by molar-refractivity contribution is 7.09. The molecule has 1 rings (SSSR count). The molecule has 0 amide bonds. The van der Waals surface area contributed by atoms with Crippen LogP contribution in [0.2, 0.25) is 0 Å². The lowest BCUT2D eigenvalue weighted by Gasteiger charge is -2.16. The van der Waals surface area contributed by atoms with Crippen LogP contribution in [0.3, 0.4) is 0 Å². The van der Waals surface area contributed by atoms with Crippen molar-refractivity contribution < 1.29 is 9.90 Å². The van der Waals surface area contributed by atoms with Crippen molar-refractivity contribution in [1.29, 1.82) is 0 Å². The van der Waals surface area contributed by atoms with Gasteiger partial charge in [0.1, 0.15) is 0 Å². The Bertz CT molecular complexity index is 296. The van der Waals surface area contributed by atoms with E-state index < -0.39 is 5.97 Å². The molecule has 1 aromatic heterocycles. The van der Waals surface area contributed by atoms with Gasteiger partial charge in [-0.05, 0) is 17.4 Å². The maximum atomic E-state index is 10.9. The van der Waals surface area contributed by atoms with E-state index in [1.807, 2.05) is 31.4 Å². The quantitative estimate of drug-likeness (QED) is 0.783. The van der Waals surface area contributed by atoms with Crippen LogP contribution in [0.4, 0.5) is 0 Å². The molecule has 0 saturated carbocycles. The van der Waals surface area contributed by atoms with Gasteiger partial charge in [0.05, 0.1) is 5.92 Å². The topological polar surface area (TPSA) is 49.3 Å². The number of carboxylic acid groups (broad SMARTS) is 1. The molecule has 1 atom stereocenters. The summed E-state index contributed by atoms with van der Waals surface area (Å²) in [6.45, 7) is 5.16. The van der Waals surface area contributed by atoms with Crippen LogP contribution in [0.25, 0.3) is 0 Å². The Hall–Kier alpha value is -0.870. The number of thiophene rings is 1. The number of carboxylic acids is 1. The first-order valence-electron chi connectivity index (χ1n) is 5.07. The second-order valence-electron chi connectivity index (χ2n) is 3.90. The molecule has 0 spiro atoms. The van der Waals surface area contributed by atoms with Crippen molar-refractivity contribution in [1.82, 2.24) is 5.32 Å². The van der Waals surface area contributed by atoms with Gasteiger partial charge < -0.3 is 10.4 Å². The lowest BCUT2D eigenvalue weighted by Crippen LogP contribution is -2.31. The lowest BCUT2D eigenvalue weighted by atomic mass is 9.96. The van der Waals surface area contributed by atoms with Crippen LogP contribution in [0.5, 0.6) is 0 Å². The maximum Gasteiger partial charge on any atom is 0.308 e. The third-order valence-electron chi connectivity index (χ3n) is 2.37. The normalized spacial score (nSPS) is 13.0. The monoisotopic (exact) mass is 227 g/mol. The molecule has 0 bridgehead atoms. The van der Waals surface area contributed by atoms with E-state index in [0.717, 1.165) is 6.54 Å². The van der Waals surface area contributed by atoms with E-state index in [2.05, 4.69) is 5.32 Å². The Morgan fingerprint density at radius 3 is 2.80 bits per heavy atom. The molecule has 0 radical (unpaired) electrons. The minimum atomic E-state index is -0.719. The zero-order valence-corrected chi connectivity index (χ0v) is 9.88. The van der Waals surface area contributed by atoms with Gasteiger partial charge in [-0.15, -0.1) is 11.3 Å². The summed E-state index contributed by atoms with van der Waals surface area (Å²) in [6.07, 6.45) is 0. The molecule has 1 unspecified atom stereocenters. The third-order valence-corrected chi connectivity index (χ3v) is 3.24. The maximum absolute atomic E-state index is 10.9.